The van der Waals surface area contributed by atoms with E-state index in [1.165, 1.54) is 5.56 Å². The van der Waals surface area contributed by atoms with Crippen LogP contribution >= 0.6 is 11.6 Å². The Hall–Kier alpha value is -3.16. The van der Waals surface area contributed by atoms with E-state index in [2.05, 4.69) is 21.8 Å². The average Bonchev–Trinajstić information content (AvgIpc) is 3.07. The highest BCUT2D eigenvalue weighted by atomic mass is 35.5. The van der Waals surface area contributed by atoms with Crippen molar-refractivity contribution in [3.63, 3.8) is 0 Å². The molecule has 2 aromatic carbocycles. The molecule has 0 unspecified atom stereocenters. The summed E-state index contributed by atoms with van der Waals surface area (Å²) in [4.78, 5) is 26.2. The number of amides is 2. The SMILES string of the molecule is Cc1cccc(Cn2nccc2NC(=O)CN(C)CC(=O)Nc2cccc(Cl)c2)c1. The second kappa shape index (κ2) is 10.0. The molecule has 7 nitrogen and oxygen atoms in total. The van der Waals surface area contributed by atoms with E-state index in [1.54, 1.807) is 53.2 Å². The Bertz CT molecular complexity index is 1030. The van der Waals surface area contributed by atoms with Crippen molar-refractivity contribution < 1.29 is 9.59 Å². The number of benzene rings is 2. The third kappa shape index (κ3) is 6.43. The van der Waals surface area contributed by atoms with Gasteiger partial charge in [-0.25, -0.2) is 4.68 Å². The van der Waals surface area contributed by atoms with Crippen LogP contribution in [0.2, 0.25) is 5.02 Å². The molecule has 8 heteroatoms. The summed E-state index contributed by atoms with van der Waals surface area (Å²) in [7, 11) is 1.71. The van der Waals surface area contributed by atoms with Gasteiger partial charge in [-0.2, -0.15) is 5.10 Å². The van der Waals surface area contributed by atoms with Gasteiger partial charge in [-0.1, -0.05) is 47.5 Å². The Morgan fingerprint density at radius 2 is 1.77 bits per heavy atom. The topological polar surface area (TPSA) is 79.3 Å². The largest absolute Gasteiger partial charge is 0.325 e. The zero-order chi connectivity index (χ0) is 21.5. The maximum absolute atomic E-state index is 12.4. The fourth-order valence-electron chi connectivity index (χ4n) is 3.04. The van der Waals surface area contributed by atoms with E-state index in [-0.39, 0.29) is 24.9 Å². The minimum Gasteiger partial charge on any atom is -0.325 e. The van der Waals surface area contributed by atoms with Crippen LogP contribution in [0.4, 0.5) is 11.5 Å². The zero-order valence-corrected chi connectivity index (χ0v) is 17.7. The molecule has 1 heterocycles. The van der Waals surface area contributed by atoms with Crippen molar-refractivity contribution in [1.82, 2.24) is 14.7 Å². The first-order chi connectivity index (χ1) is 14.4. The molecule has 0 radical (unpaired) electrons. The van der Waals surface area contributed by atoms with Gasteiger partial charge in [0.05, 0.1) is 25.8 Å². The van der Waals surface area contributed by atoms with Crippen LogP contribution in [0.15, 0.2) is 60.8 Å². The van der Waals surface area contributed by atoms with Gasteiger partial charge in [-0.15, -0.1) is 0 Å². The van der Waals surface area contributed by atoms with Gasteiger partial charge in [0.15, 0.2) is 0 Å². The summed E-state index contributed by atoms with van der Waals surface area (Å²) >= 11 is 5.92. The lowest BCUT2D eigenvalue weighted by Crippen LogP contribution is -2.36. The maximum atomic E-state index is 12.4. The van der Waals surface area contributed by atoms with Crippen LogP contribution in [0.5, 0.6) is 0 Å². The van der Waals surface area contributed by atoms with Crippen LogP contribution in [0.1, 0.15) is 11.1 Å². The van der Waals surface area contributed by atoms with E-state index in [4.69, 9.17) is 11.6 Å². The Balaban J connectivity index is 1.50. The van der Waals surface area contributed by atoms with Crippen molar-refractivity contribution in [2.45, 2.75) is 13.5 Å². The number of hydrogen-bond donors (Lipinski definition) is 2. The van der Waals surface area contributed by atoms with E-state index < -0.39 is 0 Å². The molecule has 0 saturated heterocycles. The number of carbonyl (C=O) groups excluding carboxylic acids is 2. The standard InChI is InChI=1S/C22H24ClN5O2/c1-16-5-3-6-17(11-16)13-28-20(9-10-24-28)26-22(30)15-27(2)14-21(29)25-19-8-4-7-18(23)12-19/h3-12H,13-15H2,1-2H3,(H,25,29)(H,26,30). The molecule has 0 atom stereocenters. The molecule has 1 aromatic heterocycles. The van der Waals surface area contributed by atoms with Gasteiger partial charge in [-0.3, -0.25) is 14.5 Å². The predicted octanol–water partition coefficient (Wildman–Crippen LogP) is 3.40. The van der Waals surface area contributed by atoms with Crippen LogP contribution in [-0.4, -0.2) is 46.6 Å². The van der Waals surface area contributed by atoms with Crippen molar-refractivity contribution in [1.29, 1.82) is 0 Å². The summed E-state index contributed by atoms with van der Waals surface area (Å²) in [5, 5.41) is 10.5. The molecule has 0 aliphatic rings. The third-order valence-electron chi connectivity index (χ3n) is 4.33. The molecule has 2 amide bonds. The van der Waals surface area contributed by atoms with Crippen molar-refractivity contribution in [3.8, 4) is 0 Å². The molecule has 0 fully saturated rings. The Labute approximate surface area is 180 Å². The number of rotatable bonds is 8. The summed E-state index contributed by atoms with van der Waals surface area (Å²) in [6.07, 6.45) is 1.65. The quantitative estimate of drug-likeness (QED) is 0.579. The van der Waals surface area contributed by atoms with Gasteiger partial charge in [0.1, 0.15) is 5.82 Å². The molecule has 0 saturated carbocycles. The number of aromatic nitrogens is 2. The molecule has 0 aliphatic heterocycles. The summed E-state index contributed by atoms with van der Waals surface area (Å²) in [5.41, 5.74) is 2.89. The molecular weight excluding hydrogens is 402 g/mol. The van der Waals surface area contributed by atoms with Crippen LogP contribution in [0.3, 0.4) is 0 Å². The number of nitrogens with one attached hydrogen (secondary N) is 2. The Morgan fingerprint density at radius 3 is 2.50 bits per heavy atom. The minimum absolute atomic E-state index is 0.0680. The number of halogens is 1. The number of aryl methyl sites for hydroxylation is 1. The first-order valence-electron chi connectivity index (χ1n) is 9.50. The number of hydrogen-bond acceptors (Lipinski definition) is 4. The van der Waals surface area contributed by atoms with Gasteiger partial charge in [-0.05, 0) is 37.7 Å². The maximum Gasteiger partial charge on any atom is 0.239 e. The predicted molar refractivity (Wildman–Crippen MR) is 119 cm³/mol. The van der Waals surface area contributed by atoms with E-state index in [0.717, 1.165) is 5.56 Å². The van der Waals surface area contributed by atoms with Crippen LogP contribution in [-0.2, 0) is 16.1 Å². The first-order valence-corrected chi connectivity index (χ1v) is 9.88. The molecule has 0 aliphatic carbocycles. The van der Waals surface area contributed by atoms with Gasteiger partial charge < -0.3 is 10.6 Å². The smallest absolute Gasteiger partial charge is 0.239 e. The molecule has 0 spiro atoms. The van der Waals surface area contributed by atoms with E-state index in [0.29, 0.717) is 23.1 Å². The number of anilines is 2. The second-order valence-corrected chi connectivity index (χ2v) is 7.58. The molecule has 156 valence electrons. The monoisotopic (exact) mass is 425 g/mol. The van der Waals surface area contributed by atoms with Crippen molar-refractivity contribution >= 4 is 34.9 Å². The van der Waals surface area contributed by atoms with Crippen LogP contribution < -0.4 is 10.6 Å². The summed E-state index contributed by atoms with van der Waals surface area (Å²) in [6.45, 7) is 2.73. The Morgan fingerprint density at radius 1 is 1.03 bits per heavy atom. The summed E-state index contributed by atoms with van der Waals surface area (Å²) in [6, 6.07) is 16.8. The lowest BCUT2D eigenvalue weighted by Gasteiger charge is -2.16. The van der Waals surface area contributed by atoms with Gasteiger partial charge in [0.2, 0.25) is 11.8 Å². The molecule has 0 bridgehead atoms. The van der Waals surface area contributed by atoms with Crippen molar-refractivity contribution in [2.24, 2.45) is 0 Å². The highest BCUT2D eigenvalue weighted by Gasteiger charge is 2.13. The zero-order valence-electron chi connectivity index (χ0n) is 16.9. The van der Waals surface area contributed by atoms with Crippen molar-refractivity contribution in [2.75, 3.05) is 30.8 Å². The fraction of sp³-hybridized carbons (Fsp3) is 0.227. The lowest BCUT2D eigenvalue weighted by atomic mass is 10.1. The summed E-state index contributed by atoms with van der Waals surface area (Å²) < 4.78 is 1.73. The number of carbonyl (C=O) groups is 2. The average molecular weight is 426 g/mol. The third-order valence-corrected chi connectivity index (χ3v) is 4.57. The second-order valence-electron chi connectivity index (χ2n) is 7.14. The normalized spacial score (nSPS) is 10.8. The van der Waals surface area contributed by atoms with E-state index >= 15 is 0 Å². The first kappa shape index (κ1) is 21.5. The fourth-order valence-corrected chi connectivity index (χ4v) is 3.23. The van der Waals surface area contributed by atoms with Crippen LogP contribution in [0, 0.1) is 6.92 Å². The lowest BCUT2D eigenvalue weighted by molar-refractivity contribution is -0.119. The highest BCUT2D eigenvalue weighted by Crippen LogP contribution is 2.15. The molecule has 30 heavy (non-hydrogen) atoms. The number of nitrogens with zero attached hydrogens (tertiary/aromatic N) is 3. The van der Waals surface area contributed by atoms with Crippen LogP contribution in [0.25, 0.3) is 0 Å². The van der Waals surface area contributed by atoms with Gasteiger partial charge >= 0.3 is 0 Å². The number of likely N-dealkylation sites (N-methyl/N-ethyl adjacent to an activating group) is 1. The Kier molecular flexibility index (Phi) is 7.21. The van der Waals surface area contributed by atoms with Gasteiger partial charge in [0.25, 0.3) is 0 Å². The summed E-state index contributed by atoms with van der Waals surface area (Å²) in [5.74, 6) is 0.161. The van der Waals surface area contributed by atoms with Gasteiger partial charge in [0, 0.05) is 16.8 Å². The molecular formula is C22H24ClN5O2. The highest BCUT2D eigenvalue weighted by molar-refractivity contribution is 6.30. The minimum atomic E-state index is -0.225. The van der Waals surface area contributed by atoms with E-state index in [9.17, 15) is 9.59 Å². The molecule has 3 rings (SSSR count). The molecule has 2 N–H and O–H groups in total. The molecule has 3 aromatic rings. The van der Waals surface area contributed by atoms with Crippen molar-refractivity contribution in [3.05, 3.63) is 76.9 Å². The van der Waals surface area contributed by atoms with E-state index in [1.807, 2.05) is 25.1 Å².